The third-order valence-electron chi connectivity index (χ3n) is 2.91. The number of hydrogen-bond donors (Lipinski definition) is 0. The Bertz CT molecular complexity index is 757. The van der Waals surface area contributed by atoms with Gasteiger partial charge in [0.25, 0.3) is 0 Å². The second-order valence-corrected chi connectivity index (χ2v) is 6.49. The van der Waals surface area contributed by atoms with Crippen LogP contribution in [0.5, 0.6) is 11.5 Å². The van der Waals surface area contributed by atoms with Crippen LogP contribution in [0.4, 0.5) is 13.2 Å². The number of esters is 1. The summed E-state index contributed by atoms with van der Waals surface area (Å²) in [6, 6.07) is 3.22. The van der Waals surface area contributed by atoms with E-state index in [1.54, 1.807) is 6.92 Å². The number of ketones is 1. The van der Waals surface area contributed by atoms with Gasteiger partial charge in [-0.3, -0.25) is 9.59 Å². The third-order valence-corrected chi connectivity index (χ3v) is 3.88. The molecular weight excluding hydrogens is 381 g/mol. The Kier molecular flexibility index (Phi) is 7.42. The average Bonchev–Trinajstić information content (AvgIpc) is 2.50. The molecule has 0 aromatic heterocycles. The molecule has 1 aromatic carbocycles. The van der Waals surface area contributed by atoms with E-state index in [0.717, 1.165) is 19.1 Å². The van der Waals surface area contributed by atoms with Crippen LogP contribution >= 0.6 is 0 Å². The number of ether oxygens (including phenoxy) is 2. The summed E-state index contributed by atoms with van der Waals surface area (Å²) in [4.78, 5) is 22.6. The molecule has 0 atom stereocenters. The molecule has 0 unspecified atom stereocenters. The summed E-state index contributed by atoms with van der Waals surface area (Å²) in [7, 11) is -5.94. The molecule has 0 amide bonds. The van der Waals surface area contributed by atoms with E-state index in [0.29, 0.717) is 0 Å². The van der Waals surface area contributed by atoms with E-state index in [1.807, 2.05) is 0 Å². The molecule has 0 heterocycles. The average molecular weight is 398 g/mol. The molecule has 1 rings (SSSR count). The molecule has 0 fully saturated rings. The number of Topliss-reactive ketones (excluding diaryl/α,β-unsaturated/α-hetero) is 1. The SMILES string of the molecule is CCOC(=O)CCCOc1ccc(C(C)=O)c(OS(=O)(=O)C(F)(F)F)c1. The largest absolute Gasteiger partial charge is 0.534 e. The first-order valence-corrected chi connectivity index (χ1v) is 8.83. The van der Waals surface area contributed by atoms with E-state index in [-0.39, 0.29) is 37.4 Å². The topological polar surface area (TPSA) is 96.0 Å². The Morgan fingerprint density at radius 1 is 1.19 bits per heavy atom. The number of rotatable bonds is 9. The number of hydrogen-bond acceptors (Lipinski definition) is 7. The number of benzene rings is 1. The predicted octanol–water partition coefficient (Wildman–Crippen LogP) is 2.84. The van der Waals surface area contributed by atoms with Gasteiger partial charge in [0.2, 0.25) is 0 Å². The highest BCUT2D eigenvalue weighted by molar-refractivity contribution is 7.88. The smallest absolute Gasteiger partial charge is 0.493 e. The molecule has 0 aliphatic rings. The summed E-state index contributed by atoms with van der Waals surface area (Å²) < 4.78 is 73.7. The Morgan fingerprint density at radius 3 is 2.38 bits per heavy atom. The van der Waals surface area contributed by atoms with Gasteiger partial charge in [0.05, 0.1) is 18.8 Å². The van der Waals surface area contributed by atoms with Crippen molar-refractivity contribution in [2.24, 2.45) is 0 Å². The molecule has 0 spiro atoms. The summed E-state index contributed by atoms with van der Waals surface area (Å²) in [6.07, 6.45) is 0.343. The van der Waals surface area contributed by atoms with Crippen molar-refractivity contribution in [2.75, 3.05) is 13.2 Å². The van der Waals surface area contributed by atoms with Crippen LogP contribution < -0.4 is 8.92 Å². The quantitative estimate of drug-likeness (QED) is 0.207. The van der Waals surface area contributed by atoms with Gasteiger partial charge in [0.15, 0.2) is 11.5 Å². The minimum absolute atomic E-state index is 0.0176. The van der Waals surface area contributed by atoms with Crippen molar-refractivity contribution in [3.63, 3.8) is 0 Å². The van der Waals surface area contributed by atoms with E-state index in [9.17, 15) is 31.2 Å². The molecule has 1 aromatic rings. The molecule has 0 bridgehead atoms. The summed E-state index contributed by atoms with van der Waals surface area (Å²) in [5.41, 5.74) is -5.99. The highest BCUT2D eigenvalue weighted by Gasteiger charge is 2.49. The molecule has 26 heavy (non-hydrogen) atoms. The summed E-state index contributed by atoms with van der Waals surface area (Å²) in [6.45, 7) is 2.95. The van der Waals surface area contributed by atoms with Gasteiger partial charge < -0.3 is 13.7 Å². The van der Waals surface area contributed by atoms with Crippen LogP contribution in [-0.4, -0.2) is 38.9 Å². The van der Waals surface area contributed by atoms with Gasteiger partial charge in [-0.2, -0.15) is 21.6 Å². The molecule has 146 valence electrons. The fraction of sp³-hybridized carbons (Fsp3) is 0.467. The van der Waals surface area contributed by atoms with Gasteiger partial charge >= 0.3 is 21.6 Å². The molecule has 0 saturated carbocycles. The molecule has 0 aliphatic heterocycles. The molecule has 7 nitrogen and oxygen atoms in total. The summed E-state index contributed by atoms with van der Waals surface area (Å²) in [5, 5.41) is 0. The highest BCUT2D eigenvalue weighted by Crippen LogP contribution is 2.31. The molecular formula is C15H17F3O7S. The molecule has 0 radical (unpaired) electrons. The lowest BCUT2D eigenvalue weighted by atomic mass is 10.1. The maximum atomic E-state index is 12.5. The first-order valence-electron chi connectivity index (χ1n) is 7.42. The normalized spacial score (nSPS) is 11.7. The predicted molar refractivity (Wildman–Crippen MR) is 83.4 cm³/mol. The zero-order valence-corrected chi connectivity index (χ0v) is 14.8. The summed E-state index contributed by atoms with van der Waals surface area (Å²) >= 11 is 0. The Morgan fingerprint density at radius 2 is 1.85 bits per heavy atom. The van der Waals surface area contributed by atoms with Crippen LogP contribution in [0.15, 0.2) is 18.2 Å². The number of alkyl halides is 3. The van der Waals surface area contributed by atoms with E-state index in [2.05, 4.69) is 4.18 Å². The van der Waals surface area contributed by atoms with Crippen molar-refractivity contribution in [3.8, 4) is 11.5 Å². The zero-order chi connectivity index (χ0) is 20.0. The lowest BCUT2D eigenvalue weighted by molar-refractivity contribution is -0.143. The third kappa shape index (κ3) is 6.21. The van der Waals surface area contributed by atoms with E-state index in [1.165, 1.54) is 6.07 Å². The maximum Gasteiger partial charge on any atom is 0.534 e. The van der Waals surface area contributed by atoms with E-state index >= 15 is 0 Å². The van der Waals surface area contributed by atoms with Gasteiger partial charge in [-0.15, -0.1) is 0 Å². The first-order chi connectivity index (χ1) is 12.0. The van der Waals surface area contributed by atoms with Crippen molar-refractivity contribution >= 4 is 21.9 Å². The second kappa shape index (κ2) is 8.88. The maximum absolute atomic E-state index is 12.5. The van der Waals surface area contributed by atoms with Gasteiger partial charge in [0.1, 0.15) is 5.75 Å². The van der Waals surface area contributed by atoms with Crippen LogP contribution in [0.25, 0.3) is 0 Å². The lowest BCUT2D eigenvalue weighted by Gasteiger charge is -2.13. The standard InChI is InChI=1S/C15H17F3O7S/c1-3-23-14(20)5-4-8-24-11-6-7-12(10(2)19)13(9-11)25-26(21,22)15(16,17)18/h6-7,9H,3-5,8H2,1-2H3. The van der Waals surface area contributed by atoms with Crippen LogP contribution in [-0.2, 0) is 19.6 Å². The van der Waals surface area contributed by atoms with Gasteiger partial charge in [-0.25, -0.2) is 0 Å². The van der Waals surface area contributed by atoms with Crippen LogP contribution in [0.2, 0.25) is 0 Å². The second-order valence-electron chi connectivity index (χ2n) is 4.95. The fourth-order valence-electron chi connectivity index (χ4n) is 1.76. The number of carbonyl (C=O) groups is 2. The van der Waals surface area contributed by atoms with E-state index in [4.69, 9.17) is 9.47 Å². The molecule has 0 saturated heterocycles. The lowest BCUT2D eigenvalue weighted by Crippen LogP contribution is -2.28. The van der Waals surface area contributed by atoms with Gasteiger partial charge in [-0.05, 0) is 32.4 Å². The van der Waals surface area contributed by atoms with Crippen molar-refractivity contribution in [1.29, 1.82) is 0 Å². The van der Waals surface area contributed by atoms with Crippen LogP contribution in [0.3, 0.4) is 0 Å². The van der Waals surface area contributed by atoms with Crippen molar-refractivity contribution in [3.05, 3.63) is 23.8 Å². The van der Waals surface area contributed by atoms with Gasteiger partial charge in [-0.1, -0.05) is 0 Å². The number of halogens is 3. The van der Waals surface area contributed by atoms with Crippen molar-refractivity contribution < 1.29 is 44.8 Å². The summed E-state index contributed by atoms with van der Waals surface area (Å²) in [5.74, 6) is -1.93. The van der Waals surface area contributed by atoms with E-state index < -0.39 is 33.1 Å². The first kappa shape index (κ1) is 21.7. The minimum Gasteiger partial charge on any atom is -0.493 e. The van der Waals surface area contributed by atoms with Crippen molar-refractivity contribution in [1.82, 2.24) is 0 Å². The minimum atomic E-state index is -5.94. The molecule has 0 N–H and O–H groups in total. The van der Waals surface area contributed by atoms with Crippen LogP contribution in [0.1, 0.15) is 37.0 Å². The van der Waals surface area contributed by atoms with Crippen LogP contribution in [0, 0.1) is 0 Å². The molecule has 11 heteroatoms. The highest BCUT2D eigenvalue weighted by atomic mass is 32.2. The number of carbonyl (C=O) groups excluding carboxylic acids is 2. The fourth-order valence-corrected chi connectivity index (χ4v) is 2.23. The van der Waals surface area contributed by atoms with Crippen molar-refractivity contribution in [2.45, 2.75) is 32.2 Å². The Hall–Kier alpha value is -2.30. The molecule has 0 aliphatic carbocycles. The zero-order valence-electron chi connectivity index (χ0n) is 14.0. The van der Waals surface area contributed by atoms with Gasteiger partial charge in [0, 0.05) is 12.5 Å². The Labute approximate surface area is 148 Å². The monoisotopic (exact) mass is 398 g/mol. The Balaban J connectivity index is 2.88.